The number of carbonyl (C=O) groups excluding carboxylic acids is 1. The Kier molecular flexibility index (Phi) is 7.07. The van der Waals surface area contributed by atoms with Gasteiger partial charge in [-0.05, 0) is 13.8 Å². The van der Waals surface area contributed by atoms with Crippen molar-refractivity contribution in [1.29, 1.82) is 0 Å². The molecule has 2 saturated heterocycles. The number of nitrogens with zero attached hydrogens (tertiary/aromatic N) is 2. The predicted octanol–water partition coefficient (Wildman–Crippen LogP) is 0.339. The maximum Gasteiger partial charge on any atom is 0.223 e. The van der Waals surface area contributed by atoms with Crippen molar-refractivity contribution in [3.8, 4) is 0 Å². The van der Waals surface area contributed by atoms with Crippen molar-refractivity contribution in [3.63, 3.8) is 0 Å². The largest absolute Gasteiger partial charge is 0.373 e. The van der Waals surface area contributed by atoms with E-state index in [0.29, 0.717) is 12.3 Å². The number of hydrogen-bond acceptors (Lipinski definition) is 4. The van der Waals surface area contributed by atoms with E-state index in [1.165, 1.54) is 0 Å². The third-order valence-electron chi connectivity index (χ3n) is 3.61. The molecule has 0 unspecified atom stereocenters. The third kappa shape index (κ3) is 5.26. The van der Waals surface area contributed by atoms with E-state index >= 15 is 0 Å². The van der Waals surface area contributed by atoms with Crippen LogP contribution in [-0.4, -0.2) is 73.7 Å². The standard InChI is InChI=1S/C13H25N3O2.ClH/c1-11-9-15(10-12(2)18-11)6-3-13(17)16-7-4-14-5-8-16;/h11-12,14H,3-10H2,1-2H3;1H/t11-,12+;. The van der Waals surface area contributed by atoms with Gasteiger partial charge >= 0.3 is 0 Å². The number of carbonyl (C=O) groups is 1. The highest BCUT2D eigenvalue weighted by molar-refractivity contribution is 5.85. The Morgan fingerprint density at radius 1 is 1.21 bits per heavy atom. The van der Waals surface area contributed by atoms with Gasteiger partial charge in [-0.2, -0.15) is 0 Å². The highest BCUT2D eigenvalue weighted by Crippen LogP contribution is 2.11. The maximum absolute atomic E-state index is 12.0. The zero-order chi connectivity index (χ0) is 13.0. The molecule has 0 saturated carbocycles. The second kappa shape index (κ2) is 8.04. The lowest BCUT2D eigenvalue weighted by Gasteiger charge is -2.35. The Balaban J connectivity index is 0.00000180. The van der Waals surface area contributed by atoms with Crippen molar-refractivity contribution in [3.05, 3.63) is 0 Å². The summed E-state index contributed by atoms with van der Waals surface area (Å²) in [4.78, 5) is 16.4. The summed E-state index contributed by atoms with van der Waals surface area (Å²) >= 11 is 0. The number of halogens is 1. The smallest absolute Gasteiger partial charge is 0.223 e. The van der Waals surface area contributed by atoms with E-state index in [1.54, 1.807) is 0 Å². The van der Waals surface area contributed by atoms with E-state index in [4.69, 9.17) is 4.74 Å². The van der Waals surface area contributed by atoms with Crippen molar-refractivity contribution in [2.45, 2.75) is 32.5 Å². The van der Waals surface area contributed by atoms with Crippen LogP contribution in [0.2, 0.25) is 0 Å². The molecule has 0 aromatic rings. The van der Waals surface area contributed by atoms with Crippen molar-refractivity contribution in [2.75, 3.05) is 45.8 Å². The lowest BCUT2D eigenvalue weighted by atomic mass is 10.2. The molecule has 0 spiro atoms. The average molecular weight is 292 g/mol. The molecule has 1 amide bonds. The number of hydrogen-bond donors (Lipinski definition) is 1. The Morgan fingerprint density at radius 2 is 1.79 bits per heavy atom. The van der Waals surface area contributed by atoms with Gasteiger partial charge in [0.25, 0.3) is 0 Å². The summed E-state index contributed by atoms with van der Waals surface area (Å²) in [7, 11) is 0. The van der Waals surface area contributed by atoms with Crippen LogP contribution in [0.1, 0.15) is 20.3 Å². The van der Waals surface area contributed by atoms with Crippen LogP contribution in [0.4, 0.5) is 0 Å². The summed E-state index contributed by atoms with van der Waals surface area (Å²) in [6, 6.07) is 0. The zero-order valence-electron chi connectivity index (χ0n) is 11.9. The first-order chi connectivity index (χ1) is 8.65. The van der Waals surface area contributed by atoms with Gasteiger partial charge < -0.3 is 15.0 Å². The number of ether oxygens (including phenoxy) is 1. The predicted molar refractivity (Wildman–Crippen MR) is 77.8 cm³/mol. The molecule has 2 aliphatic heterocycles. The van der Waals surface area contributed by atoms with Gasteiger partial charge in [-0.1, -0.05) is 0 Å². The highest BCUT2D eigenvalue weighted by atomic mass is 35.5. The molecule has 19 heavy (non-hydrogen) atoms. The molecule has 6 heteroatoms. The Morgan fingerprint density at radius 3 is 2.37 bits per heavy atom. The molecular weight excluding hydrogens is 266 g/mol. The van der Waals surface area contributed by atoms with Crippen molar-refractivity contribution in [2.24, 2.45) is 0 Å². The molecule has 2 heterocycles. The minimum absolute atomic E-state index is 0. The highest BCUT2D eigenvalue weighted by Gasteiger charge is 2.23. The molecule has 112 valence electrons. The molecule has 0 bridgehead atoms. The van der Waals surface area contributed by atoms with Crippen LogP contribution in [0.3, 0.4) is 0 Å². The number of amides is 1. The molecule has 2 aliphatic rings. The molecule has 0 aliphatic carbocycles. The summed E-state index contributed by atoms with van der Waals surface area (Å²) < 4.78 is 5.69. The lowest BCUT2D eigenvalue weighted by Crippen LogP contribution is -2.49. The molecule has 0 aromatic heterocycles. The molecule has 5 nitrogen and oxygen atoms in total. The molecule has 0 radical (unpaired) electrons. The van der Waals surface area contributed by atoms with E-state index in [1.807, 2.05) is 4.90 Å². The minimum atomic E-state index is 0. The van der Waals surface area contributed by atoms with E-state index in [9.17, 15) is 4.79 Å². The maximum atomic E-state index is 12.0. The number of rotatable bonds is 3. The third-order valence-corrected chi connectivity index (χ3v) is 3.61. The van der Waals surface area contributed by atoms with Gasteiger partial charge in [0.15, 0.2) is 0 Å². The molecule has 1 N–H and O–H groups in total. The number of nitrogens with one attached hydrogen (secondary N) is 1. The second-order valence-electron chi connectivity index (χ2n) is 5.40. The first kappa shape index (κ1) is 16.7. The lowest BCUT2D eigenvalue weighted by molar-refractivity contribution is -0.133. The molecule has 2 rings (SSSR count). The molecule has 2 atom stereocenters. The van der Waals surface area contributed by atoms with Crippen LogP contribution in [0.25, 0.3) is 0 Å². The Bertz CT molecular complexity index is 275. The fraction of sp³-hybridized carbons (Fsp3) is 0.923. The normalized spacial score (nSPS) is 28.8. The van der Waals surface area contributed by atoms with E-state index in [2.05, 4.69) is 24.1 Å². The van der Waals surface area contributed by atoms with Gasteiger partial charge in [-0.3, -0.25) is 9.69 Å². The van der Waals surface area contributed by atoms with Crippen LogP contribution in [0.5, 0.6) is 0 Å². The summed E-state index contributed by atoms with van der Waals surface area (Å²) in [6.07, 6.45) is 1.20. The fourth-order valence-electron chi connectivity index (χ4n) is 2.79. The molecule has 0 aromatic carbocycles. The summed E-state index contributed by atoms with van der Waals surface area (Å²) in [5.74, 6) is 0.295. The quantitative estimate of drug-likeness (QED) is 0.814. The van der Waals surface area contributed by atoms with Gasteiger partial charge in [0.05, 0.1) is 12.2 Å². The van der Waals surface area contributed by atoms with E-state index in [0.717, 1.165) is 45.8 Å². The SMILES string of the molecule is C[C@@H]1CN(CCC(=O)N2CCNCC2)C[C@H](C)O1.Cl. The van der Waals surface area contributed by atoms with Crippen molar-refractivity contribution >= 4 is 18.3 Å². The minimum Gasteiger partial charge on any atom is -0.373 e. The van der Waals surface area contributed by atoms with Crippen molar-refractivity contribution < 1.29 is 9.53 Å². The van der Waals surface area contributed by atoms with Gasteiger partial charge in [0.1, 0.15) is 0 Å². The zero-order valence-corrected chi connectivity index (χ0v) is 12.7. The van der Waals surface area contributed by atoms with Crippen LogP contribution in [0.15, 0.2) is 0 Å². The second-order valence-corrected chi connectivity index (χ2v) is 5.40. The van der Waals surface area contributed by atoms with Crippen LogP contribution in [0, 0.1) is 0 Å². The number of morpholine rings is 1. The summed E-state index contributed by atoms with van der Waals surface area (Å²) in [5, 5.41) is 3.27. The first-order valence-electron chi connectivity index (χ1n) is 7.01. The van der Waals surface area contributed by atoms with Gasteiger partial charge in [-0.15, -0.1) is 12.4 Å². The van der Waals surface area contributed by atoms with E-state index < -0.39 is 0 Å². The number of piperazine rings is 1. The first-order valence-corrected chi connectivity index (χ1v) is 7.01. The topological polar surface area (TPSA) is 44.8 Å². The van der Waals surface area contributed by atoms with Crippen LogP contribution in [-0.2, 0) is 9.53 Å². The fourth-order valence-corrected chi connectivity index (χ4v) is 2.79. The summed E-state index contributed by atoms with van der Waals surface area (Å²) in [6.45, 7) is 10.5. The van der Waals surface area contributed by atoms with E-state index in [-0.39, 0.29) is 24.6 Å². The van der Waals surface area contributed by atoms with Gasteiger partial charge in [0.2, 0.25) is 5.91 Å². The van der Waals surface area contributed by atoms with Crippen molar-refractivity contribution in [1.82, 2.24) is 15.1 Å². The monoisotopic (exact) mass is 291 g/mol. The van der Waals surface area contributed by atoms with Gasteiger partial charge in [-0.25, -0.2) is 0 Å². The van der Waals surface area contributed by atoms with Gasteiger partial charge in [0, 0.05) is 52.2 Å². The van der Waals surface area contributed by atoms with Crippen LogP contribution < -0.4 is 5.32 Å². The Labute approximate surface area is 122 Å². The molecular formula is C13H26ClN3O2. The molecule has 2 fully saturated rings. The van der Waals surface area contributed by atoms with Crippen LogP contribution >= 0.6 is 12.4 Å². The summed E-state index contributed by atoms with van der Waals surface area (Å²) in [5.41, 5.74) is 0. The Hall–Kier alpha value is -0.360. The average Bonchev–Trinajstić information content (AvgIpc) is 2.36.